The molecule has 1 N–H and O–H groups in total. The molecule has 3 nitrogen and oxygen atoms in total. The number of allylic oxidation sites excluding steroid dienone is 1. The molecule has 0 saturated heterocycles. The van der Waals surface area contributed by atoms with E-state index in [4.69, 9.17) is 4.74 Å². The maximum atomic E-state index is 11.9. The van der Waals surface area contributed by atoms with Crippen molar-refractivity contribution in [2.75, 3.05) is 5.32 Å². The zero-order chi connectivity index (χ0) is 18.2. The van der Waals surface area contributed by atoms with Crippen molar-refractivity contribution >= 4 is 17.0 Å². The second kappa shape index (κ2) is 8.67. The first-order valence-corrected chi connectivity index (χ1v) is 8.52. The minimum Gasteiger partial charge on any atom is -0.489 e. The van der Waals surface area contributed by atoms with Crippen molar-refractivity contribution in [3.05, 3.63) is 102 Å². The van der Waals surface area contributed by atoms with E-state index in [-0.39, 0.29) is 5.78 Å². The number of rotatable bonds is 7. The second-order valence-corrected chi connectivity index (χ2v) is 5.92. The Morgan fingerprint density at radius 1 is 0.885 bits per heavy atom. The molecule has 0 aliphatic carbocycles. The van der Waals surface area contributed by atoms with Crippen molar-refractivity contribution in [1.29, 1.82) is 0 Å². The van der Waals surface area contributed by atoms with Gasteiger partial charge in [-0.05, 0) is 42.3 Å². The molecule has 0 fully saturated rings. The van der Waals surface area contributed by atoms with E-state index in [0.717, 1.165) is 22.6 Å². The summed E-state index contributed by atoms with van der Waals surface area (Å²) in [6.45, 7) is 2.11. The highest BCUT2D eigenvalue weighted by Crippen LogP contribution is 2.19. The molecule has 3 aromatic carbocycles. The van der Waals surface area contributed by atoms with Crippen molar-refractivity contribution in [3.63, 3.8) is 0 Å². The average Bonchev–Trinajstić information content (AvgIpc) is 2.69. The molecule has 3 heteroatoms. The summed E-state index contributed by atoms with van der Waals surface area (Å²) in [4.78, 5) is 11.9. The fraction of sp³-hybridized carbons (Fsp3) is 0.0870. The van der Waals surface area contributed by atoms with Gasteiger partial charge in [-0.1, -0.05) is 60.7 Å². The van der Waals surface area contributed by atoms with Crippen molar-refractivity contribution in [1.82, 2.24) is 0 Å². The molecule has 0 heterocycles. The van der Waals surface area contributed by atoms with E-state index in [9.17, 15) is 4.79 Å². The number of benzene rings is 3. The molecule has 0 unspecified atom stereocenters. The quantitative estimate of drug-likeness (QED) is 0.591. The van der Waals surface area contributed by atoms with Crippen LogP contribution in [0.1, 0.15) is 18.1 Å². The van der Waals surface area contributed by atoms with Crippen LogP contribution in [0.15, 0.2) is 91.1 Å². The van der Waals surface area contributed by atoms with Gasteiger partial charge in [0.25, 0.3) is 0 Å². The van der Waals surface area contributed by atoms with Crippen LogP contribution in [0.3, 0.4) is 0 Å². The van der Waals surface area contributed by atoms with Gasteiger partial charge in [-0.25, -0.2) is 0 Å². The molecular formula is C23H21NO2. The van der Waals surface area contributed by atoms with E-state index >= 15 is 0 Å². The molecule has 0 aliphatic rings. The van der Waals surface area contributed by atoms with Crippen LogP contribution < -0.4 is 10.1 Å². The van der Waals surface area contributed by atoms with E-state index in [1.54, 1.807) is 13.1 Å². The van der Waals surface area contributed by atoms with Gasteiger partial charge in [0.1, 0.15) is 12.4 Å². The number of Topliss-reactive ketones (excluding diaryl/α,β-unsaturated/α-hetero) is 1. The van der Waals surface area contributed by atoms with Gasteiger partial charge in [0, 0.05) is 17.5 Å². The zero-order valence-corrected chi connectivity index (χ0v) is 14.7. The summed E-state index contributed by atoms with van der Waals surface area (Å²) in [6.07, 6.45) is 1.75. The summed E-state index contributed by atoms with van der Waals surface area (Å²) in [5.74, 6) is 0.824. The van der Waals surface area contributed by atoms with Crippen molar-refractivity contribution < 1.29 is 9.53 Å². The highest BCUT2D eigenvalue weighted by molar-refractivity contribution is 6.19. The van der Waals surface area contributed by atoms with Crippen LogP contribution in [0.2, 0.25) is 0 Å². The maximum absolute atomic E-state index is 11.9. The molecule has 0 aromatic heterocycles. The molecule has 0 amide bonds. The normalized spacial score (nSPS) is 11.0. The molecule has 0 bridgehead atoms. The molecule has 26 heavy (non-hydrogen) atoms. The Labute approximate surface area is 154 Å². The first-order valence-electron chi connectivity index (χ1n) is 8.52. The average molecular weight is 343 g/mol. The summed E-state index contributed by atoms with van der Waals surface area (Å²) in [5, 5.41) is 3.19. The Bertz CT molecular complexity index is 869. The smallest absolute Gasteiger partial charge is 0.161 e. The minimum absolute atomic E-state index is 0.0199. The summed E-state index contributed by atoms with van der Waals surface area (Å²) in [6, 6.07) is 27.4. The maximum Gasteiger partial charge on any atom is 0.161 e. The van der Waals surface area contributed by atoms with Crippen LogP contribution in [0.4, 0.5) is 5.69 Å². The van der Waals surface area contributed by atoms with E-state index in [2.05, 4.69) is 5.32 Å². The molecule has 0 atom stereocenters. The lowest BCUT2D eigenvalue weighted by Gasteiger charge is -2.09. The minimum atomic E-state index is 0.0199. The summed E-state index contributed by atoms with van der Waals surface area (Å²) in [7, 11) is 0. The number of carbonyl (C=O) groups is 1. The largest absolute Gasteiger partial charge is 0.489 e. The summed E-state index contributed by atoms with van der Waals surface area (Å²) < 4.78 is 5.78. The van der Waals surface area contributed by atoms with Crippen LogP contribution >= 0.6 is 0 Å². The first-order chi connectivity index (χ1) is 12.7. The van der Waals surface area contributed by atoms with Gasteiger partial charge in [0.05, 0.1) is 0 Å². The highest BCUT2D eigenvalue weighted by atomic mass is 16.5. The number of anilines is 1. The first kappa shape index (κ1) is 17.5. The fourth-order valence-electron chi connectivity index (χ4n) is 2.55. The Balaban J connectivity index is 1.64. The van der Waals surface area contributed by atoms with Crippen molar-refractivity contribution in [2.45, 2.75) is 13.5 Å². The van der Waals surface area contributed by atoms with Crippen molar-refractivity contribution in [3.8, 4) is 5.75 Å². The van der Waals surface area contributed by atoms with Crippen molar-refractivity contribution in [2.24, 2.45) is 0 Å². The number of ether oxygens (including phenoxy) is 1. The van der Waals surface area contributed by atoms with Gasteiger partial charge in [0.15, 0.2) is 5.78 Å². The monoisotopic (exact) mass is 343 g/mol. The lowest BCUT2D eigenvalue weighted by atomic mass is 10.0. The predicted octanol–water partition coefficient (Wildman–Crippen LogP) is 5.31. The van der Waals surface area contributed by atoms with E-state index < -0.39 is 0 Å². The third-order valence-electron chi connectivity index (χ3n) is 3.95. The Morgan fingerprint density at radius 3 is 2.12 bits per heavy atom. The lowest BCUT2D eigenvalue weighted by Crippen LogP contribution is -2.00. The topological polar surface area (TPSA) is 38.3 Å². The number of hydrogen-bond acceptors (Lipinski definition) is 3. The molecule has 0 aliphatic heterocycles. The van der Waals surface area contributed by atoms with Gasteiger partial charge >= 0.3 is 0 Å². The zero-order valence-electron chi connectivity index (χ0n) is 14.7. The number of hydrogen-bond donors (Lipinski definition) is 1. The van der Waals surface area contributed by atoms with Crippen LogP contribution in [-0.2, 0) is 11.4 Å². The van der Waals surface area contributed by atoms with Gasteiger partial charge in [-0.2, -0.15) is 0 Å². The Hall–Kier alpha value is -3.33. The van der Waals surface area contributed by atoms with Gasteiger partial charge in [-0.3, -0.25) is 4.79 Å². The number of ketones is 1. The molecule has 130 valence electrons. The molecular weight excluding hydrogens is 322 g/mol. The fourth-order valence-corrected chi connectivity index (χ4v) is 2.55. The third-order valence-corrected chi connectivity index (χ3v) is 3.95. The molecule has 3 aromatic rings. The molecule has 0 saturated carbocycles. The lowest BCUT2D eigenvalue weighted by molar-refractivity contribution is -0.111. The van der Waals surface area contributed by atoms with Crippen LogP contribution in [-0.4, -0.2) is 5.78 Å². The Morgan fingerprint density at radius 2 is 1.50 bits per heavy atom. The second-order valence-electron chi connectivity index (χ2n) is 5.92. The van der Waals surface area contributed by atoms with Gasteiger partial charge in [0.2, 0.25) is 0 Å². The number of carbonyl (C=O) groups excluding carboxylic acids is 1. The van der Waals surface area contributed by atoms with E-state index in [1.807, 2.05) is 84.9 Å². The van der Waals surface area contributed by atoms with Crippen LogP contribution in [0, 0.1) is 0 Å². The number of nitrogens with one attached hydrogen (secondary N) is 1. The van der Waals surface area contributed by atoms with Crippen LogP contribution in [0.25, 0.3) is 5.57 Å². The molecule has 0 spiro atoms. The van der Waals surface area contributed by atoms with E-state index in [1.165, 1.54) is 0 Å². The summed E-state index contributed by atoms with van der Waals surface area (Å²) >= 11 is 0. The van der Waals surface area contributed by atoms with Crippen LogP contribution in [0.5, 0.6) is 5.75 Å². The third kappa shape index (κ3) is 4.84. The van der Waals surface area contributed by atoms with Gasteiger partial charge in [-0.15, -0.1) is 0 Å². The standard InChI is InChI=1S/C23H21NO2/c1-18(25)23(20-10-6-3-7-11-20)16-24-21-12-14-22(15-13-21)26-17-19-8-4-2-5-9-19/h2-16,24H,17H2,1H3. The molecule has 3 rings (SSSR count). The highest BCUT2D eigenvalue weighted by Gasteiger charge is 2.06. The Kier molecular flexibility index (Phi) is 5.84. The SMILES string of the molecule is CC(=O)C(=CNc1ccc(OCc2ccccc2)cc1)c1ccccc1. The predicted molar refractivity (Wildman–Crippen MR) is 106 cm³/mol. The summed E-state index contributed by atoms with van der Waals surface area (Å²) in [5.41, 5.74) is 3.57. The van der Waals surface area contributed by atoms with E-state index in [0.29, 0.717) is 12.2 Å². The molecule has 0 radical (unpaired) electrons. The van der Waals surface area contributed by atoms with Gasteiger partial charge < -0.3 is 10.1 Å².